The van der Waals surface area contributed by atoms with Gasteiger partial charge in [-0.25, -0.2) is 0 Å². The highest BCUT2D eigenvalue weighted by atomic mass is 16.2. The molecule has 2 amide bonds. The molecule has 6 nitrogen and oxygen atoms in total. The Bertz CT molecular complexity index is 749. The van der Waals surface area contributed by atoms with Gasteiger partial charge < -0.3 is 16.4 Å². The number of amides is 2. The van der Waals surface area contributed by atoms with Gasteiger partial charge in [-0.1, -0.05) is 24.3 Å². The van der Waals surface area contributed by atoms with E-state index in [1.807, 2.05) is 30.3 Å². The molecule has 1 aliphatic rings. The maximum absolute atomic E-state index is 12.6. The minimum absolute atomic E-state index is 0.00920. The third-order valence-corrected chi connectivity index (χ3v) is 4.69. The Morgan fingerprint density at radius 3 is 2.44 bits per heavy atom. The molecule has 0 atom stereocenters. The first-order valence-corrected chi connectivity index (χ1v) is 8.81. The summed E-state index contributed by atoms with van der Waals surface area (Å²) in [4.78, 5) is 28.5. The van der Waals surface area contributed by atoms with E-state index >= 15 is 0 Å². The third-order valence-electron chi connectivity index (χ3n) is 4.69. The quantitative estimate of drug-likeness (QED) is 0.772. The van der Waals surface area contributed by atoms with Gasteiger partial charge in [-0.2, -0.15) is 0 Å². The number of nitrogens with zero attached hydrogens (tertiary/aromatic N) is 1. The number of carbonyl (C=O) groups excluding carboxylic acids is 2. The zero-order valence-electron chi connectivity index (χ0n) is 14.2. The van der Waals surface area contributed by atoms with E-state index in [0.717, 1.165) is 36.5 Å². The number of carbonyl (C=O) groups is 2. The highest BCUT2D eigenvalue weighted by Gasteiger charge is 2.24. The van der Waals surface area contributed by atoms with Crippen LogP contribution >= 0.6 is 0 Å². The first kappa shape index (κ1) is 17.4. The molecule has 1 saturated carbocycles. The van der Waals surface area contributed by atoms with Crippen LogP contribution in [0.2, 0.25) is 0 Å². The van der Waals surface area contributed by atoms with Gasteiger partial charge in [-0.05, 0) is 37.1 Å². The molecule has 1 fully saturated rings. The van der Waals surface area contributed by atoms with Gasteiger partial charge >= 0.3 is 0 Å². The molecule has 0 saturated heterocycles. The lowest BCUT2D eigenvalue weighted by molar-refractivity contribution is -0.121. The summed E-state index contributed by atoms with van der Waals surface area (Å²) in [6.45, 7) is 0.370. The topological polar surface area (TPSA) is 97.1 Å². The van der Waals surface area contributed by atoms with Crippen LogP contribution in [-0.4, -0.2) is 35.4 Å². The summed E-state index contributed by atoms with van der Waals surface area (Å²) >= 11 is 0. The van der Waals surface area contributed by atoms with E-state index < -0.39 is 0 Å². The summed E-state index contributed by atoms with van der Waals surface area (Å²) in [5.74, 6) is -0.123. The summed E-state index contributed by atoms with van der Waals surface area (Å²) in [6.07, 6.45) is 5.47. The van der Waals surface area contributed by atoms with E-state index in [9.17, 15) is 9.59 Å². The zero-order chi connectivity index (χ0) is 17.6. The van der Waals surface area contributed by atoms with E-state index in [0.29, 0.717) is 18.7 Å². The Morgan fingerprint density at radius 1 is 1.04 bits per heavy atom. The number of benzene rings is 1. The first-order valence-electron chi connectivity index (χ1n) is 8.81. The van der Waals surface area contributed by atoms with Crippen LogP contribution in [0.1, 0.15) is 42.6 Å². The normalized spacial score (nSPS) is 20.2. The Labute approximate surface area is 147 Å². The van der Waals surface area contributed by atoms with Crippen molar-refractivity contribution in [2.75, 3.05) is 6.54 Å². The molecule has 25 heavy (non-hydrogen) atoms. The van der Waals surface area contributed by atoms with Gasteiger partial charge in [0, 0.05) is 36.6 Å². The molecule has 0 spiro atoms. The van der Waals surface area contributed by atoms with Gasteiger partial charge in [-0.15, -0.1) is 0 Å². The molecule has 6 heteroatoms. The molecule has 1 heterocycles. The monoisotopic (exact) mass is 340 g/mol. The maximum atomic E-state index is 12.6. The molecule has 1 aromatic heterocycles. The predicted octanol–water partition coefficient (Wildman–Crippen LogP) is 1.74. The Morgan fingerprint density at radius 2 is 1.72 bits per heavy atom. The van der Waals surface area contributed by atoms with E-state index in [2.05, 4.69) is 15.6 Å². The lowest BCUT2D eigenvalue weighted by Crippen LogP contribution is -2.44. The van der Waals surface area contributed by atoms with Crippen molar-refractivity contribution in [2.45, 2.75) is 44.2 Å². The predicted molar refractivity (Wildman–Crippen MR) is 97.1 cm³/mol. The number of hydrogen-bond acceptors (Lipinski definition) is 4. The Balaban J connectivity index is 1.57. The Hall–Kier alpha value is -2.47. The second-order valence-corrected chi connectivity index (χ2v) is 6.51. The summed E-state index contributed by atoms with van der Waals surface area (Å²) in [5, 5.41) is 7.97. The van der Waals surface area contributed by atoms with Crippen LogP contribution in [0.5, 0.6) is 0 Å². The number of aromatic nitrogens is 1. The standard InChI is InChI=1S/C19H24N4O2/c20-11-9-17(24)22-14-5-7-15(8-6-14)23-19(25)18-16-4-2-1-3-13(16)10-12-21-18/h1-4,10,12,14-15H,5-9,11,20H2,(H,22,24)(H,23,25)/t14-,15-. The maximum Gasteiger partial charge on any atom is 0.270 e. The number of fused-ring (bicyclic) bond motifs is 1. The van der Waals surface area contributed by atoms with Crippen molar-refractivity contribution in [1.82, 2.24) is 15.6 Å². The minimum Gasteiger partial charge on any atom is -0.353 e. The first-order chi connectivity index (χ1) is 12.2. The SMILES string of the molecule is NCCC(=O)N[C@H]1CC[C@H](NC(=O)c2nccc3ccccc23)CC1. The van der Waals surface area contributed by atoms with Gasteiger partial charge in [0.15, 0.2) is 0 Å². The number of hydrogen-bond donors (Lipinski definition) is 3. The molecular weight excluding hydrogens is 316 g/mol. The van der Waals surface area contributed by atoms with Crippen LogP contribution in [0.3, 0.4) is 0 Å². The van der Waals surface area contributed by atoms with Crippen molar-refractivity contribution < 1.29 is 9.59 Å². The fourth-order valence-corrected chi connectivity index (χ4v) is 3.37. The van der Waals surface area contributed by atoms with E-state index in [1.165, 1.54) is 0 Å². The van der Waals surface area contributed by atoms with Crippen molar-refractivity contribution in [3.63, 3.8) is 0 Å². The zero-order valence-corrected chi connectivity index (χ0v) is 14.2. The molecule has 0 unspecified atom stereocenters. The average Bonchev–Trinajstić information content (AvgIpc) is 2.63. The average molecular weight is 340 g/mol. The fraction of sp³-hybridized carbons (Fsp3) is 0.421. The van der Waals surface area contributed by atoms with Crippen molar-refractivity contribution in [3.8, 4) is 0 Å². The number of rotatable bonds is 5. The summed E-state index contributed by atoms with van der Waals surface area (Å²) in [7, 11) is 0. The van der Waals surface area contributed by atoms with Crippen LogP contribution < -0.4 is 16.4 Å². The fourth-order valence-electron chi connectivity index (χ4n) is 3.37. The molecule has 0 radical (unpaired) electrons. The summed E-state index contributed by atoms with van der Waals surface area (Å²) in [5.41, 5.74) is 5.86. The van der Waals surface area contributed by atoms with Gasteiger partial charge in [0.1, 0.15) is 5.69 Å². The molecule has 0 bridgehead atoms. The Kier molecular flexibility index (Phi) is 5.60. The van der Waals surface area contributed by atoms with Crippen molar-refractivity contribution in [3.05, 3.63) is 42.2 Å². The lowest BCUT2D eigenvalue weighted by Gasteiger charge is -2.29. The second kappa shape index (κ2) is 8.07. The molecule has 2 aromatic rings. The van der Waals surface area contributed by atoms with Crippen molar-refractivity contribution in [1.29, 1.82) is 0 Å². The van der Waals surface area contributed by atoms with Crippen LogP contribution in [0, 0.1) is 0 Å². The van der Waals surface area contributed by atoms with Gasteiger partial charge in [0.2, 0.25) is 5.91 Å². The number of nitrogens with two attached hydrogens (primary N) is 1. The molecule has 1 aromatic carbocycles. The van der Waals surface area contributed by atoms with Gasteiger partial charge in [0.05, 0.1) is 0 Å². The summed E-state index contributed by atoms with van der Waals surface area (Å²) < 4.78 is 0. The van der Waals surface area contributed by atoms with Crippen molar-refractivity contribution in [2.24, 2.45) is 5.73 Å². The molecule has 4 N–H and O–H groups in total. The van der Waals surface area contributed by atoms with E-state index in [4.69, 9.17) is 5.73 Å². The van der Waals surface area contributed by atoms with Crippen LogP contribution in [0.15, 0.2) is 36.5 Å². The minimum atomic E-state index is -0.132. The van der Waals surface area contributed by atoms with Crippen LogP contribution in [-0.2, 0) is 4.79 Å². The highest BCUT2D eigenvalue weighted by molar-refractivity contribution is 6.05. The largest absolute Gasteiger partial charge is 0.353 e. The molecule has 3 rings (SSSR count). The molecule has 132 valence electrons. The number of nitrogens with one attached hydrogen (secondary N) is 2. The van der Waals surface area contributed by atoms with E-state index in [-0.39, 0.29) is 23.9 Å². The molecular formula is C19H24N4O2. The lowest BCUT2D eigenvalue weighted by atomic mass is 9.91. The number of pyridine rings is 1. The van der Waals surface area contributed by atoms with E-state index in [1.54, 1.807) is 6.20 Å². The molecule has 0 aliphatic heterocycles. The van der Waals surface area contributed by atoms with Gasteiger partial charge in [-0.3, -0.25) is 14.6 Å². The highest BCUT2D eigenvalue weighted by Crippen LogP contribution is 2.21. The summed E-state index contributed by atoms with van der Waals surface area (Å²) in [6, 6.07) is 9.96. The second-order valence-electron chi connectivity index (χ2n) is 6.51. The van der Waals surface area contributed by atoms with Crippen LogP contribution in [0.25, 0.3) is 10.8 Å². The van der Waals surface area contributed by atoms with Crippen molar-refractivity contribution >= 4 is 22.6 Å². The van der Waals surface area contributed by atoms with Gasteiger partial charge in [0.25, 0.3) is 5.91 Å². The molecule has 1 aliphatic carbocycles. The smallest absolute Gasteiger partial charge is 0.270 e. The van der Waals surface area contributed by atoms with Crippen LogP contribution in [0.4, 0.5) is 0 Å². The third kappa shape index (κ3) is 4.33.